The third-order valence-electron chi connectivity index (χ3n) is 2.97. The maximum absolute atomic E-state index is 2.35. The largest absolute Gasteiger partial charge is 0.0619 e. The minimum atomic E-state index is 0.808. The Hall–Kier alpha value is -1.04. The number of rotatable bonds is 1. The van der Waals surface area contributed by atoms with E-state index in [-0.39, 0.29) is 0 Å². The summed E-state index contributed by atoms with van der Waals surface area (Å²) in [6.07, 6.45) is 15.1. The molecule has 0 aromatic carbocycles. The van der Waals surface area contributed by atoms with Crippen LogP contribution in [-0.2, 0) is 0 Å². The summed E-state index contributed by atoms with van der Waals surface area (Å²) in [5.74, 6) is 0.808. The molecule has 0 fully saturated rings. The van der Waals surface area contributed by atoms with E-state index in [2.05, 4.69) is 44.2 Å². The number of fused-ring (bicyclic) bond motifs is 1. The van der Waals surface area contributed by atoms with Crippen LogP contribution in [0.4, 0.5) is 0 Å². The first-order valence-electron chi connectivity index (χ1n) is 5.56. The highest BCUT2D eigenvalue weighted by atomic mass is 14.2. The second kappa shape index (κ2) is 4.00. The molecule has 2 rings (SSSR count). The van der Waals surface area contributed by atoms with E-state index in [1.165, 1.54) is 29.6 Å². The van der Waals surface area contributed by atoms with Gasteiger partial charge in [-0.05, 0) is 41.9 Å². The molecule has 0 heterocycles. The summed E-state index contributed by atoms with van der Waals surface area (Å²) in [6, 6.07) is 0. The summed E-state index contributed by atoms with van der Waals surface area (Å²) >= 11 is 0. The Kier molecular flexibility index (Phi) is 2.72. The van der Waals surface area contributed by atoms with Crippen molar-refractivity contribution in [3.8, 4) is 0 Å². The van der Waals surface area contributed by atoms with E-state index in [4.69, 9.17) is 0 Å². The Labute approximate surface area is 86.7 Å². The Balaban J connectivity index is 2.32. The van der Waals surface area contributed by atoms with Gasteiger partial charge in [-0.3, -0.25) is 0 Å². The van der Waals surface area contributed by atoms with E-state index in [0.29, 0.717) is 0 Å². The third kappa shape index (κ3) is 2.06. The molecule has 0 N–H and O–H groups in total. The van der Waals surface area contributed by atoms with Gasteiger partial charge < -0.3 is 0 Å². The van der Waals surface area contributed by atoms with Crippen molar-refractivity contribution in [2.75, 3.05) is 0 Å². The Bertz CT molecular complexity index is 337. The summed E-state index contributed by atoms with van der Waals surface area (Å²) in [5.41, 5.74) is 4.42. The predicted octanol–water partition coefficient (Wildman–Crippen LogP) is 4.18. The van der Waals surface area contributed by atoms with E-state index in [0.717, 1.165) is 12.3 Å². The van der Waals surface area contributed by atoms with Gasteiger partial charge in [0.15, 0.2) is 0 Å². The fraction of sp³-hybridized carbons (Fsp3) is 0.429. The van der Waals surface area contributed by atoms with Gasteiger partial charge in [-0.2, -0.15) is 0 Å². The summed E-state index contributed by atoms with van der Waals surface area (Å²) in [7, 11) is 0. The SMILES string of the molecule is CCC1=C/C=C2/C=C(C=C1)C[C@H](C)C2. The maximum atomic E-state index is 2.35. The molecular weight excluding hydrogens is 168 g/mol. The minimum absolute atomic E-state index is 0.808. The third-order valence-corrected chi connectivity index (χ3v) is 2.97. The van der Waals surface area contributed by atoms with Crippen molar-refractivity contribution < 1.29 is 0 Å². The van der Waals surface area contributed by atoms with Gasteiger partial charge >= 0.3 is 0 Å². The number of hydrogen-bond acceptors (Lipinski definition) is 0. The van der Waals surface area contributed by atoms with Crippen molar-refractivity contribution in [1.82, 2.24) is 0 Å². The average Bonchev–Trinajstić information content (AvgIpc) is 2.15. The van der Waals surface area contributed by atoms with Gasteiger partial charge in [0, 0.05) is 0 Å². The highest BCUT2D eigenvalue weighted by molar-refractivity contribution is 5.42. The Morgan fingerprint density at radius 3 is 2.71 bits per heavy atom. The molecule has 14 heavy (non-hydrogen) atoms. The normalized spacial score (nSPS) is 29.6. The van der Waals surface area contributed by atoms with Gasteiger partial charge in [0.25, 0.3) is 0 Å². The quantitative estimate of drug-likeness (QED) is 0.576. The molecule has 0 saturated carbocycles. The smallest absolute Gasteiger partial charge is 0.0250 e. The molecule has 74 valence electrons. The Morgan fingerprint density at radius 1 is 1.14 bits per heavy atom. The number of hydrogen-bond donors (Lipinski definition) is 0. The summed E-state index contributed by atoms with van der Waals surface area (Å²) in [5, 5.41) is 0. The van der Waals surface area contributed by atoms with Crippen LogP contribution in [0.3, 0.4) is 0 Å². The van der Waals surface area contributed by atoms with Crippen molar-refractivity contribution >= 4 is 0 Å². The lowest BCUT2D eigenvalue weighted by molar-refractivity contribution is 0.565. The van der Waals surface area contributed by atoms with Gasteiger partial charge in [-0.25, -0.2) is 0 Å². The second-order valence-electron chi connectivity index (χ2n) is 4.40. The van der Waals surface area contributed by atoms with Crippen molar-refractivity contribution in [3.05, 3.63) is 47.1 Å². The molecule has 0 aromatic heterocycles. The van der Waals surface area contributed by atoms with Gasteiger partial charge in [-0.1, -0.05) is 44.2 Å². The van der Waals surface area contributed by atoms with Crippen LogP contribution in [-0.4, -0.2) is 0 Å². The van der Waals surface area contributed by atoms with E-state index in [1.807, 2.05) is 0 Å². The topological polar surface area (TPSA) is 0 Å². The minimum Gasteiger partial charge on any atom is -0.0619 e. The molecule has 0 nitrogen and oxygen atoms in total. The molecule has 0 saturated heterocycles. The van der Waals surface area contributed by atoms with Gasteiger partial charge in [-0.15, -0.1) is 0 Å². The zero-order chi connectivity index (χ0) is 9.97. The highest BCUT2D eigenvalue weighted by Crippen LogP contribution is 2.29. The van der Waals surface area contributed by atoms with E-state index in [1.54, 1.807) is 0 Å². The fourth-order valence-electron chi connectivity index (χ4n) is 2.18. The van der Waals surface area contributed by atoms with Crippen LogP contribution >= 0.6 is 0 Å². The molecule has 2 aliphatic carbocycles. The summed E-state index contributed by atoms with van der Waals surface area (Å²) < 4.78 is 0. The maximum Gasteiger partial charge on any atom is -0.0250 e. The van der Waals surface area contributed by atoms with E-state index in [9.17, 15) is 0 Å². The van der Waals surface area contributed by atoms with Crippen molar-refractivity contribution in [3.63, 3.8) is 0 Å². The average molecular weight is 186 g/mol. The first-order valence-corrected chi connectivity index (χ1v) is 5.56. The summed E-state index contributed by atoms with van der Waals surface area (Å²) in [4.78, 5) is 0. The van der Waals surface area contributed by atoms with E-state index >= 15 is 0 Å². The van der Waals surface area contributed by atoms with Gasteiger partial charge in [0.1, 0.15) is 0 Å². The van der Waals surface area contributed by atoms with Gasteiger partial charge in [0.2, 0.25) is 0 Å². The van der Waals surface area contributed by atoms with Crippen LogP contribution < -0.4 is 0 Å². The molecule has 1 atom stereocenters. The molecule has 0 spiro atoms. The molecule has 0 aromatic rings. The lowest BCUT2D eigenvalue weighted by atomic mass is 9.85. The molecular formula is C14H18. The molecule has 0 unspecified atom stereocenters. The van der Waals surface area contributed by atoms with E-state index < -0.39 is 0 Å². The second-order valence-corrected chi connectivity index (χ2v) is 4.40. The van der Waals surface area contributed by atoms with Crippen LogP contribution in [0.15, 0.2) is 47.1 Å². The first kappa shape index (κ1) is 9.51. The Morgan fingerprint density at radius 2 is 1.93 bits per heavy atom. The molecule has 2 bridgehead atoms. The lowest BCUT2D eigenvalue weighted by Crippen LogP contribution is -2.04. The lowest BCUT2D eigenvalue weighted by Gasteiger charge is -2.20. The number of allylic oxidation sites excluding steroid dienone is 8. The molecule has 0 amide bonds. The monoisotopic (exact) mass is 186 g/mol. The first-order chi connectivity index (χ1) is 6.78. The predicted molar refractivity (Wildman–Crippen MR) is 62.1 cm³/mol. The summed E-state index contributed by atoms with van der Waals surface area (Å²) in [6.45, 7) is 4.55. The van der Waals surface area contributed by atoms with Crippen molar-refractivity contribution in [1.29, 1.82) is 0 Å². The van der Waals surface area contributed by atoms with Crippen LogP contribution in [0.1, 0.15) is 33.1 Å². The molecule has 0 aliphatic heterocycles. The highest BCUT2D eigenvalue weighted by Gasteiger charge is 2.13. The fourth-order valence-corrected chi connectivity index (χ4v) is 2.18. The van der Waals surface area contributed by atoms with Crippen LogP contribution in [0.25, 0.3) is 0 Å². The van der Waals surface area contributed by atoms with Gasteiger partial charge in [0.05, 0.1) is 0 Å². The van der Waals surface area contributed by atoms with Crippen molar-refractivity contribution in [2.45, 2.75) is 33.1 Å². The zero-order valence-corrected chi connectivity index (χ0v) is 9.09. The molecule has 0 heteroatoms. The van der Waals surface area contributed by atoms with Crippen molar-refractivity contribution in [2.24, 2.45) is 5.92 Å². The zero-order valence-electron chi connectivity index (χ0n) is 9.09. The molecule has 2 aliphatic rings. The van der Waals surface area contributed by atoms with Crippen LogP contribution in [0, 0.1) is 5.92 Å². The standard InChI is InChI=1S/C14H18/c1-3-12-4-6-13-8-11(2)9-14(10-13)7-5-12/h4-7,10-11H,3,8-9H2,1-2H3/b6-4?,7-5?,12-4?,12-5?,13-6+,14-7?/t11-/m1/s1. The molecule has 0 radical (unpaired) electrons. The van der Waals surface area contributed by atoms with Crippen LogP contribution in [0.5, 0.6) is 0 Å². The van der Waals surface area contributed by atoms with Crippen LogP contribution in [0.2, 0.25) is 0 Å².